The van der Waals surface area contributed by atoms with Crippen molar-refractivity contribution in [3.05, 3.63) is 15.6 Å². The molecule has 0 aliphatic carbocycles. The molecule has 1 aromatic heterocycles. The normalized spacial score (nSPS) is 17.5. The number of aryl methyl sites for hydroxylation is 1. The molecule has 0 aromatic carbocycles. The Kier molecular flexibility index (Phi) is 7.14. The summed E-state index contributed by atoms with van der Waals surface area (Å²) in [5.74, 6) is 0.905. The molecule has 1 saturated heterocycles. The van der Waals surface area contributed by atoms with E-state index < -0.39 is 0 Å². The zero-order valence-corrected chi connectivity index (χ0v) is 14.8. The monoisotopic (exact) mass is 309 g/mol. The van der Waals surface area contributed by atoms with Gasteiger partial charge >= 0.3 is 0 Å². The molecule has 0 amide bonds. The third-order valence-corrected chi connectivity index (χ3v) is 5.34. The minimum Gasteiger partial charge on any atom is -0.312 e. The van der Waals surface area contributed by atoms with Crippen molar-refractivity contribution in [1.29, 1.82) is 0 Å². The molecular formula is C17H31N3S. The summed E-state index contributed by atoms with van der Waals surface area (Å²) in [6, 6.07) is 0. The number of thiazole rings is 1. The van der Waals surface area contributed by atoms with E-state index in [1.807, 2.05) is 11.3 Å². The van der Waals surface area contributed by atoms with Gasteiger partial charge < -0.3 is 5.32 Å². The zero-order valence-electron chi connectivity index (χ0n) is 14.0. The fourth-order valence-corrected chi connectivity index (χ4v) is 3.99. The summed E-state index contributed by atoms with van der Waals surface area (Å²) in [4.78, 5) is 8.97. The van der Waals surface area contributed by atoms with Gasteiger partial charge in [-0.15, -0.1) is 11.3 Å². The smallest absolute Gasteiger partial charge is 0.107 e. The van der Waals surface area contributed by atoms with Gasteiger partial charge in [0.2, 0.25) is 0 Å². The van der Waals surface area contributed by atoms with Gasteiger partial charge in [-0.2, -0.15) is 0 Å². The van der Waals surface area contributed by atoms with E-state index in [1.165, 1.54) is 54.4 Å². The Morgan fingerprint density at radius 1 is 1.24 bits per heavy atom. The van der Waals surface area contributed by atoms with Crippen molar-refractivity contribution in [2.24, 2.45) is 5.92 Å². The first-order valence-electron chi connectivity index (χ1n) is 8.63. The van der Waals surface area contributed by atoms with Gasteiger partial charge in [0.05, 0.1) is 12.2 Å². The highest BCUT2D eigenvalue weighted by molar-refractivity contribution is 7.11. The fraction of sp³-hybridized carbons (Fsp3) is 0.824. The lowest BCUT2D eigenvalue weighted by Gasteiger charge is -2.29. The maximum absolute atomic E-state index is 4.93. The van der Waals surface area contributed by atoms with Crippen LogP contribution in [0.3, 0.4) is 0 Å². The number of aromatic nitrogens is 1. The molecule has 0 atom stereocenters. The molecule has 2 rings (SSSR count). The number of hydrogen-bond acceptors (Lipinski definition) is 4. The minimum absolute atomic E-state index is 0.905. The predicted octanol–water partition coefficient (Wildman–Crippen LogP) is 3.83. The second kappa shape index (κ2) is 8.86. The highest BCUT2D eigenvalue weighted by atomic mass is 32.1. The summed E-state index contributed by atoms with van der Waals surface area (Å²) < 4.78 is 0. The van der Waals surface area contributed by atoms with Crippen LogP contribution < -0.4 is 5.32 Å². The SMILES string of the molecule is CCCNCc1sc(CN2CCC(C)CC2)nc1CCC. The molecule has 0 unspecified atom stereocenters. The summed E-state index contributed by atoms with van der Waals surface area (Å²) in [6.45, 7) is 12.5. The van der Waals surface area contributed by atoms with Crippen LogP contribution in [0.1, 0.15) is 62.0 Å². The van der Waals surface area contributed by atoms with E-state index in [0.717, 1.165) is 32.0 Å². The minimum atomic E-state index is 0.905. The summed E-state index contributed by atoms with van der Waals surface area (Å²) in [7, 11) is 0. The summed E-state index contributed by atoms with van der Waals surface area (Å²) in [5, 5.41) is 4.85. The van der Waals surface area contributed by atoms with Crippen molar-refractivity contribution in [1.82, 2.24) is 15.2 Å². The molecule has 120 valence electrons. The Morgan fingerprint density at radius 2 is 2.00 bits per heavy atom. The molecule has 1 aliphatic heterocycles. The third-order valence-electron chi connectivity index (χ3n) is 4.26. The first-order valence-corrected chi connectivity index (χ1v) is 9.45. The molecule has 1 fully saturated rings. The maximum atomic E-state index is 4.93. The molecule has 0 radical (unpaired) electrons. The molecule has 1 N–H and O–H groups in total. The molecule has 2 heterocycles. The van der Waals surface area contributed by atoms with Crippen LogP contribution in [0.5, 0.6) is 0 Å². The number of hydrogen-bond donors (Lipinski definition) is 1. The molecule has 0 bridgehead atoms. The molecule has 1 aromatic rings. The molecule has 1 aliphatic rings. The Balaban J connectivity index is 1.94. The van der Waals surface area contributed by atoms with E-state index in [0.29, 0.717) is 0 Å². The Labute approximate surface area is 134 Å². The van der Waals surface area contributed by atoms with Gasteiger partial charge in [-0.3, -0.25) is 4.90 Å². The number of rotatable bonds is 8. The standard InChI is InChI=1S/C17H31N3S/c1-4-6-15-16(12-18-9-5-2)21-17(19-15)13-20-10-7-14(3)8-11-20/h14,18H,4-13H2,1-3H3. The van der Waals surface area contributed by atoms with Crippen molar-refractivity contribution >= 4 is 11.3 Å². The number of nitrogens with one attached hydrogen (secondary N) is 1. The van der Waals surface area contributed by atoms with Gasteiger partial charge in [-0.25, -0.2) is 4.98 Å². The zero-order chi connectivity index (χ0) is 15.1. The van der Waals surface area contributed by atoms with E-state index >= 15 is 0 Å². The van der Waals surface area contributed by atoms with Crippen LogP contribution >= 0.6 is 11.3 Å². The molecule has 3 nitrogen and oxygen atoms in total. The summed E-state index contributed by atoms with van der Waals surface area (Å²) in [6.07, 6.45) is 6.19. The van der Waals surface area contributed by atoms with Crippen molar-refractivity contribution in [2.75, 3.05) is 19.6 Å². The first-order chi connectivity index (χ1) is 10.2. The van der Waals surface area contributed by atoms with Crippen molar-refractivity contribution in [3.63, 3.8) is 0 Å². The second-order valence-electron chi connectivity index (χ2n) is 6.36. The molecule has 0 saturated carbocycles. The van der Waals surface area contributed by atoms with Crippen LogP contribution in [-0.4, -0.2) is 29.5 Å². The van der Waals surface area contributed by atoms with Gasteiger partial charge in [0.1, 0.15) is 5.01 Å². The maximum Gasteiger partial charge on any atom is 0.107 e. The molecule has 0 spiro atoms. The highest BCUT2D eigenvalue weighted by Gasteiger charge is 2.18. The van der Waals surface area contributed by atoms with Gasteiger partial charge in [0, 0.05) is 11.4 Å². The predicted molar refractivity (Wildman–Crippen MR) is 91.8 cm³/mol. The summed E-state index contributed by atoms with van der Waals surface area (Å²) in [5.41, 5.74) is 1.34. The highest BCUT2D eigenvalue weighted by Crippen LogP contribution is 2.24. The van der Waals surface area contributed by atoms with E-state index in [-0.39, 0.29) is 0 Å². The quantitative estimate of drug-likeness (QED) is 0.740. The van der Waals surface area contributed by atoms with Gasteiger partial charge in [-0.1, -0.05) is 27.2 Å². The van der Waals surface area contributed by atoms with E-state index in [9.17, 15) is 0 Å². The van der Waals surface area contributed by atoms with Crippen LogP contribution in [0, 0.1) is 5.92 Å². The lowest BCUT2D eigenvalue weighted by Crippen LogP contribution is -2.32. The van der Waals surface area contributed by atoms with E-state index in [4.69, 9.17) is 4.98 Å². The number of likely N-dealkylation sites (tertiary alicyclic amines) is 1. The Morgan fingerprint density at radius 3 is 2.67 bits per heavy atom. The van der Waals surface area contributed by atoms with Crippen LogP contribution in [-0.2, 0) is 19.5 Å². The first kappa shape index (κ1) is 16.9. The Hall–Kier alpha value is -0.450. The molecular weight excluding hydrogens is 278 g/mol. The van der Waals surface area contributed by atoms with Crippen molar-refractivity contribution in [2.45, 2.75) is 66.0 Å². The average molecular weight is 310 g/mol. The fourth-order valence-electron chi connectivity index (χ4n) is 2.86. The average Bonchev–Trinajstić information content (AvgIpc) is 2.84. The van der Waals surface area contributed by atoms with Gasteiger partial charge in [0.15, 0.2) is 0 Å². The van der Waals surface area contributed by atoms with E-state index in [2.05, 4.69) is 31.0 Å². The lowest BCUT2D eigenvalue weighted by molar-refractivity contribution is 0.185. The molecule has 4 heteroatoms. The molecule has 21 heavy (non-hydrogen) atoms. The Bertz CT molecular complexity index is 408. The number of piperidine rings is 1. The van der Waals surface area contributed by atoms with Crippen molar-refractivity contribution in [3.8, 4) is 0 Å². The van der Waals surface area contributed by atoms with Crippen molar-refractivity contribution < 1.29 is 0 Å². The largest absolute Gasteiger partial charge is 0.312 e. The van der Waals surface area contributed by atoms with Gasteiger partial charge in [-0.05, 0) is 51.2 Å². The van der Waals surface area contributed by atoms with Crippen LogP contribution in [0.2, 0.25) is 0 Å². The third kappa shape index (κ3) is 5.35. The van der Waals surface area contributed by atoms with Crippen LogP contribution in [0.15, 0.2) is 0 Å². The van der Waals surface area contributed by atoms with Gasteiger partial charge in [0.25, 0.3) is 0 Å². The van der Waals surface area contributed by atoms with Crippen LogP contribution in [0.4, 0.5) is 0 Å². The van der Waals surface area contributed by atoms with E-state index in [1.54, 1.807) is 0 Å². The number of nitrogens with zero attached hydrogens (tertiary/aromatic N) is 2. The lowest BCUT2D eigenvalue weighted by atomic mass is 9.99. The second-order valence-corrected chi connectivity index (χ2v) is 7.53. The topological polar surface area (TPSA) is 28.2 Å². The summed E-state index contributed by atoms with van der Waals surface area (Å²) >= 11 is 1.93. The van der Waals surface area contributed by atoms with Crippen LogP contribution in [0.25, 0.3) is 0 Å².